The highest BCUT2D eigenvalue weighted by atomic mass is 32.2. The molecule has 0 aliphatic heterocycles. The minimum absolute atomic E-state index is 0.331. The van der Waals surface area contributed by atoms with E-state index < -0.39 is 14.6 Å². The second-order valence-corrected chi connectivity index (χ2v) is 7.36. The van der Waals surface area contributed by atoms with Gasteiger partial charge in [-0.15, -0.1) is 0 Å². The van der Waals surface area contributed by atoms with Crippen molar-refractivity contribution >= 4 is 9.84 Å². The predicted molar refractivity (Wildman–Crippen MR) is 62.2 cm³/mol. The van der Waals surface area contributed by atoms with Gasteiger partial charge in [-0.05, 0) is 33.6 Å². The van der Waals surface area contributed by atoms with E-state index in [9.17, 15) is 8.42 Å². The molecule has 84 valence electrons. The van der Waals surface area contributed by atoms with Crippen LogP contribution in [0.4, 0.5) is 0 Å². The van der Waals surface area contributed by atoms with E-state index in [0.717, 1.165) is 6.42 Å². The summed E-state index contributed by atoms with van der Waals surface area (Å²) in [6.45, 7) is 9.18. The largest absolute Gasteiger partial charge is 0.228 e. The third-order valence-corrected chi connectivity index (χ3v) is 5.24. The molecule has 14 heavy (non-hydrogen) atoms. The van der Waals surface area contributed by atoms with Crippen molar-refractivity contribution in [3.05, 3.63) is 12.2 Å². The molecule has 0 bridgehead atoms. The molecule has 1 unspecified atom stereocenters. The molecule has 0 spiro atoms. The Labute approximate surface area is 88.3 Å². The molecule has 0 aromatic heterocycles. The number of rotatable bonds is 4. The average Bonchev–Trinajstić information content (AvgIpc) is 2.03. The Morgan fingerprint density at radius 3 is 2.00 bits per heavy atom. The van der Waals surface area contributed by atoms with Crippen molar-refractivity contribution < 1.29 is 8.42 Å². The van der Waals surface area contributed by atoms with Crippen molar-refractivity contribution in [3.8, 4) is 0 Å². The zero-order chi connectivity index (χ0) is 11.4. The van der Waals surface area contributed by atoms with Crippen LogP contribution in [0.15, 0.2) is 12.2 Å². The van der Waals surface area contributed by atoms with Crippen LogP contribution in [0.2, 0.25) is 0 Å². The normalized spacial score (nSPS) is 16.1. The van der Waals surface area contributed by atoms with Gasteiger partial charge >= 0.3 is 0 Å². The first-order chi connectivity index (χ1) is 6.27. The van der Waals surface area contributed by atoms with Gasteiger partial charge in [0.2, 0.25) is 0 Å². The Hall–Kier alpha value is -0.310. The third kappa shape index (κ3) is 3.12. The fourth-order valence-electron chi connectivity index (χ4n) is 1.20. The van der Waals surface area contributed by atoms with Crippen LogP contribution in [0.1, 0.15) is 47.5 Å². The quantitative estimate of drug-likeness (QED) is 0.680. The molecule has 0 aliphatic carbocycles. The highest BCUT2D eigenvalue weighted by Gasteiger charge is 2.34. The van der Waals surface area contributed by atoms with E-state index in [0.29, 0.717) is 6.42 Å². The Bertz CT molecular complexity index is 281. The van der Waals surface area contributed by atoms with Gasteiger partial charge in [0.25, 0.3) is 0 Å². The molecule has 0 aromatic rings. The molecular formula is C11H22O2S. The minimum atomic E-state index is -3.05. The van der Waals surface area contributed by atoms with Crippen molar-refractivity contribution in [2.45, 2.75) is 57.5 Å². The van der Waals surface area contributed by atoms with Gasteiger partial charge in [-0.3, -0.25) is 0 Å². The first kappa shape index (κ1) is 13.7. The van der Waals surface area contributed by atoms with Crippen LogP contribution in [0, 0.1) is 0 Å². The first-order valence-electron chi connectivity index (χ1n) is 5.17. The van der Waals surface area contributed by atoms with Gasteiger partial charge in [-0.1, -0.05) is 26.0 Å². The summed E-state index contributed by atoms with van der Waals surface area (Å²) in [4.78, 5) is 0. The smallest absolute Gasteiger partial charge is 0.161 e. The van der Waals surface area contributed by atoms with Crippen LogP contribution in [0.25, 0.3) is 0 Å². The van der Waals surface area contributed by atoms with E-state index in [-0.39, 0.29) is 5.25 Å². The zero-order valence-corrected chi connectivity index (χ0v) is 10.7. The molecule has 0 saturated carbocycles. The van der Waals surface area contributed by atoms with Gasteiger partial charge in [0.1, 0.15) is 0 Å². The van der Waals surface area contributed by atoms with Crippen molar-refractivity contribution in [3.63, 3.8) is 0 Å². The summed E-state index contributed by atoms with van der Waals surface area (Å²) in [5.41, 5.74) is 0. The summed E-state index contributed by atoms with van der Waals surface area (Å²) >= 11 is 0. The van der Waals surface area contributed by atoms with E-state index in [1.165, 1.54) is 0 Å². The monoisotopic (exact) mass is 218 g/mol. The van der Waals surface area contributed by atoms with Crippen LogP contribution >= 0.6 is 0 Å². The Balaban J connectivity index is 4.96. The fourth-order valence-corrected chi connectivity index (χ4v) is 2.87. The topological polar surface area (TPSA) is 34.1 Å². The minimum Gasteiger partial charge on any atom is -0.228 e. The second kappa shape index (κ2) is 4.96. The Morgan fingerprint density at radius 2 is 1.71 bits per heavy atom. The van der Waals surface area contributed by atoms with Crippen LogP contribution in [-0.4, -0.2) is 18.4 Å². The molecule has 0 saturated heterocycles. The van der Waals surface area contributed by atoms with E-state index >= 15 is 0 Å². The summed E-state index contributed by atoms with van der Waals surface area (Å²) in [5, 5.41) is -0.331. The molecule has 0 fully saturated rings. The highest BCUT2D eigenvalue weighted by molar-refractivity contribution is 7.93. The highest BCUT2D eigenvalue weighted by Crippen LogP contribution is 2.23. The first-order valence-corrected chi connectivity index (χ1v) is 6.72. The summed E-state index contributed by atoms with van der Waals surface area (Å²) in [7, 11) is -3.05. The van der Waals surface area contributed by atoms with Crippen LogP contribution in [0.5, 0.6) is 0 Å². The molecule has 0 aromatic carbocycles. The number of allylic oxidation sites excluding steroid dienone is 1. The van der Waals surface area contributed by atoms with E-state index in [2.05, 4.69) is 0 Å². The van der Waals surface area contributed by atoms with Gasteiger partial charge in [-0.25, -0.2) is 8.42 Å². The van der Waals surface area contributed by atoms with Crippen molar-refractivity contribution in [2.24, 2.45) is 0 Å². The average molecular weight is 218 g/mol. The Morgan fingerprint density at radius 1 is 1.21 bits per heavy atom. The molecule has 0 aliphatic rings. The third-order valence-electron chi connectivity index (χ3n) is 2.24. The lowest BCUT2D eigenvalue weighted by Crippen LogP contribution is -2.36. The van der Waals surface area contributed by atoms with E-state index in [1.807, 2.05) is 26.0 Å². The number of sulfone groups is 1. The predicted octanol–water partition coefficient (Wildman–Crippen LogP) is 2.94. The summed E-state index contributed by atoms with van der Waals surface area (Å²) < 4.78 is 23.4. The molecule has 0 heterocycles. The van der Waals surface area contributed by atoms with Gasteiger partial charge < -0.3 is 0 Å². The number of hydrogen-bond donors (Lipinski definition) is 0. The summed E-state index contributed by atoms with van der Waals surface area (Å²) in [6.07, 6.45) is 5.28. The van der Waals surface area contributed by atoms with Gasteiger partial charge in [0.05, 0.1) is 10.00 Å². The second-order valence-electron chi connectivity index (χ2n) is 4.44. The van der Waals surface area contributed by atoms with Gasteiger partial charge in [-0.2, -0.15) is 0 Å². The van der Waals surface area contributed by atoms with Crippen molar-refractivity contribution in [1.29, 1.82) is 0 Å². The van der Waals surface area contributed by atoms with Crippen molar-refractivity contribution in [1.82, 2.24) is 0 Å². The molecule has 0 N–H and O–H groups in total. The summed E-state index contributed by atoms with van der Waals surface area (Å²) in [6, 6.07) is 0. The SMILES string of the molecule is CC/C=C/C(CC)S(=O)(=O)C(C)(C)C. The fraction of sp³-hybridized carbons (Fsp3) is 0.818. The van der Waals surface area contributed by atoms with Crippen molar-refractivity contribution in [2.75, 3.05) is 0 Å². The summed E-state index contributed by atoms with van der Waals surface area (Å²) in [5.74, 6) is 0. The lowest BCUT2D eigenvalue weighted by Gasteiger charge is -2.24. The Kier molecular flexibility index (Phi) is 4.85. The van der Waals surface area contributed by atoms with Crippen LogP contribution in [0.3, 0.4) is 0 Å². The lowest BCUT2D eigenvalue weighted by atomic mass is 10.2. The van der Waals surface area contributed by atoms with Gasteiger partial charge in [0, 0.05) is 0 Å². The molecule has 2 nitrogen and oxygen atoms in total. The molecule has 0 rings (SSSR count). The van der Waals surface area contributed by atoms with Crippen LogP contribution < -0.4 is 0 Å². The van der Waals surface area contributed by atoms with Gasteiger partial charge in [0.15, 0.2) is 9.84 Å². The lowest BCUT2D eigenvalue weighted by molar-refractivity contribution is 0.550. The standard InChI is InChI=1S/C11H22O2S/c1-6-8-9-10(7-2)14(12,13)11(3,4)5/h8-10H,6-7H2,1-5H3/b9-8+. The molecular weight excluding hydrogens is 196 g/mol. The molecule has 0 amide bonds. The molecule has 1 atom stereocenters. The number of hydrogen-bond acceptors (Lipinski definition) is 2. The molecule has 3 heteroatoms. The molecule has 0 radical (unpaired) electrons. The van der Waals surface area contributed by atoms with E-state index in [4.69, 9.17) is 0 Å². The maximum absolute atomic E-state index is 12.0. The maximum Gasteiger partial charge on any atom is 0.161 e. The maximum atomic E-state index is 12.0. The van der Waals surface area contributed by atoms with E-state index in [1.54, 1.807) is 20.8 Å². The van der Waals surface area contributed by atoms with Crippen LogP contribution in [-0.2, 0) is 9.84 Å². The zero-order valence-electron chi connectivity index (χ0n) is 9.87.